The van der Waals surface area contributed by atoms with Crippen molar-refractivity contribution in [2.24, 2.45) is 0 Å². The third kappa shape index (κ3) is 3.25. The van der Waals surface area contributed by atoms with Gasteiger partial charge in [0.25, 0.3) is 0 Å². The van der Waals surface area contributed by atoms with Crippen molar-refractivity contribution in [3.8, 4) is 5.75 Å². The Balaban J connectivity index is 2.15. The van der Waals surface area contributed by atoms with Gasteiger partial charge in [0.15, 0.2) is 11.6 Å². The average molecular weight is 346 g/mol. The molecule has 0 bridgehead atoms. The Hall–Kier alpha value is -1.69. The summed E-state index contributed by atoms with van der Waals surface area (Å²) in [7, 11) is 1.36. The molecule has 20 heavy (non-hydrogen) atoms. The van der Waals surface area contributed by atoms with Crippen molar-refractivity contribution >= 4 is 21.6 Å². The standard InChI is InChI=1S/C14H11BrF3NO/c1-20-13-3-2-8(4-10(13)16)7-19-14-11(17)5-9(15)6-12(14)18/h2-6,19H,7H2,1H3. The predicted molar refractivity (Wildman–Crippen MR) is 74.3 cm³/mol. The van der Waals surface area contributed by atoms with E-state index in [9.17, 15) is 13.2 Å². The second kappa shape index (κ2) is 6.17. The fraction of sp³-hybridized carbons (Fsp3) is 0.143. The van der Waals surface area contributed by atoms with Crippen LogP contribution in [0.2, 0.25) is 0 Å². The number of rotatable bonds is 4. The molecule has 2 aromatic carbocycles. The van der Waals surface area contributed by atoms with E-state index in [2.05, 4.69) is 21.2 Å². The van der Waals surface area contributed by atoms with Crippen LogP contribution in [0.5, 0.6) is 5.75 Å². The van der Waals surface area contributed by atoms with E-state index in [0.29, 0.717) is 10.0 Å². The molecule has 0 atom stereocenters. The molecule has 0 heterocycles. The minimum atomic E-state index is -0.717. The summed E-state index contributed by atoms with van der Waals surface area (Å²) < 4.78 is 45.8. The average Bonchev–Trinajstić information content (AvgIpc) is 2.37. The minimum absolute atomic E-state index is 0.0936. The van der Waals surface area contributed by atoms with Crippen LogP contribution in [-0.2, 0) is 6.54 Å². The molecule has 0 unspecified atom stereocenters. The van der Waals surface area contributed by atoms with Crippen LogP contribution in [0.15, 0.2) is 34.8 Å². The topological polar surface area (TPSA) is 21.3 Å². The molecule has 0 aliphatic carbocycles. The molecular weight excluding hydrogens is 335 g/mol. The van der Waals surface area contributed by atoms with Gasteiger partial charge >= 0.3 is 0 Å². The molecule has 0 aromatic heterocycles. The molecule has 2 aromatic rings. The molecular formula is C14H11BrF3NO. The Morgan fingerprint density at radius 1 is 1.05 bits per heavy atom. The van der Waals surface area contributed by atoms with Gasteiger partial charge in [-0.3, -0.25) is 0 Å². The highest BCUT2D eigenvalue weighted by Gasteiger charge is 2.10. The van der Waals surface area contributed by atoms with E-state index in [0.717, 1.165) is 12.1 Å². The second-order valence-corrected chi connectivity index (χ2v) is 4.98. The summed E-state index contributed by atoms with van der Waals surface area (Å²) in [6.45, 7) is 0.0936. The van der Waals surface area contributed by atoms with Crippen LogP contribution < -0.4 is 10.1 Å². The predicted octanol–water partition coefficient (Wildman–Crippen LogP) is 4.49. The lowest BCUT2D eigenvalue weighted by Gasteiger charge is -2.10. The molecule has 0 aliphatic heterocycles. The van der Waals surface area contributed by atoms with Crippen LogP contribution in [0, 0.1) is 17.5 Å². The third-order valence-electron chi connectivity index (χ3n) is 2.69. The number of hydrogen-bond acceptors (Lipinski definition) is 2. The van der Waals surface area contributed by atoms with Gasteiger partial charge in [-0.2, -0.15) is 0 Å². The molecule has 0 fully saturated rings. The highest BCUT2D eigenvalue weighted by atomic mass is 79.9. The first-order valence-corrected chi connectivity index (χ1v) is 6.51. The highest BCUT2D eigenvalue weighted by Crippen LogP contribution is 2.25. The van der Waals surface area contributed by atoms with E-state index >= 15 is 0 Å². The second-order valence-electron chi connectivity index (χ2n) is 4.07. The zero-order chi connectivity index (χ0) is 14.7. The first-order valence-electron chi connectivity index (χ1n) is 5.72. The first kappa shape index (κ1) is 14.7. The summed E-state index contributed by atoms with van der Waals surface area (Å²) >= 11 is 3.00. The summed E-state index contributed by atoms with van der Waals surface area (Å²) in [6.07, 6.45) is 0. The molecule has 0 amide bonds. The molecule has 0 radical (unpaired) electrons. The molecule has 0 saturated carbocycles. The van der Waals surface area contributed by atoms with E-state index in [1.165, 1.54) is 19.2 Å². The van der Waals surface area contributed by atoms with Crippen molar-refractivity contribution < 1.29 is 17.9 Å². The molecule has 2 nitrogen and oxygen atoms in total. The number of nitrogens with one attached hydrogen (secondary N) is 1. The van der Waals surface area contributed by atoms with Crippen molar-refractivity contribution in [1.82, 2.24) is 0 Å². The zero-order valence-electron chi connectivity index (χ0n) is 10.5. The zero-order valence-corrected chi connectivity index (χ0v) is 12.1. The maximum absolute atomic E-state index is 13.6. The third-order valence-corrected chi connectivity index (χ3v) is 3.15. The van der Waals surface area contributed by atoms with Gasteiger partial charge in [-0.05, 0) is 29.8 Å². The lowest BCUT2D eigenvalue weighted by atomic mass is 10.2. The van der Waals surface area contributed by atoms with E-state index in [1.54, 1.807) is 6.07 Å². The number of halogens is 4. The van der Waals surface area contributed by atoms with Crippen molar-refractivity contribution in [2.75, 3.05) is 12.4 Å². The smallest absolute Gasteiger partial charge is 0.165 e. The van der Waals surface area contributed by atoms with Crippen LogP contribution in [0.3, 0.4) is 0 Å². The van der Waals surface area contributed by atoms with Gasteiger partial charge in [0.1, 0.15) is 17.3 Å². The quantitative estimate of drug-likeness (QED) is 0.881. The summed E-state index contributed by atoms with van der Waals surface area (Å²) in [5.41, 5.74) is 0.300. The Labute approximate surface area is 122 Å². The normalized spacial score (nSPS) is 10.4. The van der Waals surface area contributed by atoms with E-state index in [-0.39, 0.29) is 18.0 Å². The van der Waals surface area contributed by atoms with Crippen LogP contribution in [0.25, 0.3) is 0 Å². The molecule has 6 heteroatoms. The number of hydrogen-bond donors (Lipinski definition) is 1. The number of anilines is 1. The lowest BCUT2D eigenvalue weighted by Crippen LogP contribution is -2.04. The van der Waals surface area contributed by atoms with Crippen LogP contribution in [0.1, 0.15) is 5.56 Å². The van der Waals surface area contributed by atoms with Gasteiger partial charge < -0.3 is 10.1 Å². The van der Waals surface area contributed by atoms with Crippen molar-refractivity contribution in [3.63, 3.8) is 0 Å². The maximum atomic E-state index is 13.6. The molecule has 0 saturated heterocycles. The summed E-state index contributed by atoms with van der Waals surface area (Å²) in [5, 5.41) is 2.61. The molecule has 0 aliphatic rings. The summed E-state index contributed by atoms with van der Waals surface area (Å²) in [4.78, 5) is 0. The molecule has 2 rings (SSSR count). The Kier molecular flexibility index (Phi) is 4.54. The minimum Gasteiger partial charge on any atom is -0.494 e. The Morgan fingerprint density at radius 3 is 2.25 bits per heavy atom. The van der Waals surface area contributed by atoms with E-state index < -0.39 is 17.5 Å². The highest BCUT2D eigenvalue weighted by molar-refractivity contribution is 9.10. The van der Waals surface area contributed by atoms with E-state index in [4.69, 9.17) is 4.74 Å². The summed E-state index contributed by atoms with van der Waals surface area (Å²) in [5.74, 6) is -1.84. The molecule has 1 N–H and O–H groups in total. The van der Waals surface area contributed by atoms with Gasteiger partial charge in [-0.15, -0.1) is 0 Å². The van der Waals surface area contributed by atoms with Crippen molar-refractivity contribution in [1.29, 1.82) is 0 Å². The van der Waals surface area contributed by atoms with Gasteiger partial charge in [0.05, 0.1) is 7.11 Å². The van der Waals surface area contributed by atoms with Gasteiger partial charge in [0, 0.05) is 11.0 Å². The number of benzene rings is 2. The molecule has 0 spiro atoms. The molecule has 106 valence electrons. The summed E-state index contributed by atoms with van der Waals surface area (Å²) in [6, 6.07) is 6.63. The Morgan fingerprint density at radius 2 is 1.70 bits per heavy atom. The van der Waals surface area contributed by atoms with Crippen molar-refractivity contribution in [3.05, 3.63) is 57.8 Å². The van der Waals surface area contributed by atoms with Crippen LogP contribution in [0.4, 0.5) is 18.9 Å². The van der Waals surface area contributed by atoms with Crippen molar-refractivity contribution in [2.45, 2.75) is 6.54 Å². The number of methoxy groups -OCH3 is 1. The maximum Gasteiger partial charge on any atom is 0.165 e. The van der Waals surface area contributed by atoms with Crippen LogP contribution in [-0.4, -0.2) is 7.11 Å². The van der Waals surface area contributed by atoms with Gasteiger partial charge in [-0.25, -0.2) is 13.2 Å². The fourth-order valence-electron chi connectivity index (χ4n) is 1.72. The SMILES string of the molecule is COc1ccc(CNc2c(F)cc(Br)cc2F)cc1F. The largest absolute Gasteiger partial charge is 0.494 e. The monoisotopic (exact) mass is 345 g/mol. The fourth-order valence-corrected chi connectivity index (χ4v) is 2.12. The van der Waals surface area contributed by atoms with Gasteiger partial charge in [0.2, 0.25) is 0 Å². The Bertz CT molecular complexity index is 611. The van der Waals surface area contributed by atoms with Crippen LogP contribution >= 0.6 is 15.9 Å². The van der Waals surface area contributed by atoms with Gasteiger partial charge in [-0.1, -0.05) is 22.0 Å². The number of ether oxygens (including phenoxy) is 1. The van der Waals surface area contributed by atoms with E-state index in [1.807, 2.05) is 0 Å². The lowest BCUT2D eigenvalue weighted by molar-refractivity contribution is 0.386. The first-order chi connectivity index (χ1) is 9.51.